The summed E-state index contributed by atoms with van der Waals surface area (Å²) in [6.45, 7) is 0. The summed E-state index contributed by atoms with van der Waals surface area (Å²) in [7, 11) is 0. The highest BCUT2D eigenvalue weighted by Gasteiger charge is 2.14. The van der Waals surface area contributed by atoms with Crippen molar-refractivity contribution in [3.8, 4) is 33.9 Å². The first-order valence-electron chi connectivity index (χ1n) is 17.6. The molecule has 8 aromatic carbocycles. The maximum atomic E-state index is 5.21. The van der Waals surface area contributed by atoms with E-state index in [0.717, 1.165) is 38.9 Å². The fourth-order valence-corrected chi connectivity index (χ4v) is 7.68. The maximum absolute atomic E-state index is 5.21. The molecule has 242 valence electrons. The molecular weight excluding hydrogens is 631 g/mol. The summed E-state index contributed by atoms with van der Waals surface area (Å²) in [5.41, 5.74) is 4.63. The minimum atomic E-state index is 0.668. The van der Waals surface area contributed by atoms with E-state index < -0.39 is 0 Å². The molecule has 52 heavy (non-hydrogen) atoms. The third kappa shape index (κ3) is 5.10. The molecule has 0 N–H and O–H groups in total. The predicted octanol–water partition coefficient (Wildman–Crippen LogP) is 12.9. The van der Waals surface area contributed by atoms with Crippen LogP contribution in [0.5, 0.6) is 0 Å². The molecule has 0 saturated carbocycles. The number of rotatable bonds is 3. The molecule has 10 rings (SSSR count). The Labute approximate surface area is 300 Å². The fraction of sp³-hybridized carbons (Fsp3) is 0. The van der Waals surface area contributed by atoms with E-state index in [-0.39, 0.29) is 0 Å². The van der Waals surface area contributed by atoms with Crippen LogP contribution in [0, 0.1) is 0 Å². The van der Waals surface area contributed by atoms with Crippen LogP contribution in [0.2, 0.25) is 0 Å². The summed E-state index contributed by atoms with van der Waals surface area (Å²) >= 11 is 0. The first-order valence-corrected chi connectivity index (χ1v) is 17.6. The molecule has 0 amide bonds. The average molecular weight is 662 g/mol. The summed E-state index contributed by atoms with van der Waals surface area (Å²) in [6.07, 6.45) is 3.65. The van der Waals surface area contributed by atoms with Gasteiger partial charge in [-0.15, -0.1) is 0 Å². The van der Waals surface area contributed by atoms with E-state index in [4.69, 9.17) is 9.97 Å². The SMILES string of the molecule is c1ccc(-c2cc(-c3cccnc3)nc(-c3ccc4c5ccccc5c5ccccc5c5ccccc5c5cc6ccccc6cc5c4c3)n2)cc1. The van der Waals surface area contributed by atoms with Crippen LogP contribution in [-0.2, 0) is 0 Å². The Morgan fingerprint density at radius 3 is 1.29 bits per heavy atom. The number of benzene rings is 7. The minimum absolute atomic E-state index is 0.668. The van der Waals surface area contributed by atoms with Crippen molar-refractivity contribution in [1.29, 1.82) is 0 Å². The second-order valence-electron chi connectivity index (χ2n) is 13.2. The molecule has 2 aromatic heterocycles. The third-order valence-electron chi connectivity index (χ3n) is 10.1. The van der Waals surface area contributed by atoms with Gasteiger partial charge in [-0.2, -0.15) is 0 Å². The Kier molecular flexibility index (Phi) is 7.14. The van der Waals surface area contributed by atoms with Crippen LogP contribution in [0.1, 0.15) is 0 Å². The second kappa shape index (κ2) is 12.4. The van der Waals surface area contributed by atoms with Crippen LogP contribution < -0.4 is 0 Å². The van der Waals surface area contributed by atoms with Gasteiger partial charge in [-0.1, -0.05) is 140 Å². The van der Waals surface area contributed by atoms with Gasteiger partial charge in [0.15, 0.2) is 5.82 Å². The standard InChI is InChI=1S/C49H31N3/c1-2-13-32(14-3-1)47-30-48(36-17-12-26-50-31-36)52-49(51-47)35-24-25-43-41-22-9-8-20-39(41)37-18-6-7-19-38(37)40-21-10-11-23-42(40)44-27-33-15-4-5-16-34(33)28-46(44)45(43)29-35/h1-31H. The molecule has 2 heterocycles. The van der Waals surface area contributed by atoms with Gasteiger partial charge in [-0.3, -0.25) is 4.98 Å². The number of nitrogens with zero attached hydrogens (tertiary/aromatic N) is 3. The van der Waals surface area contributed by atoms with Gasteiger partial charge in [0.2, 0.25) is 0 Å². The topological polar surface area (TPSA) is 38.7 Å². The van der Waals surface area contributed by atoms with Crippen LogP contribution in [0.15, 0.2) is 188 Å². The van der Waals surface area contributed by atoms with Gasteiger partial charge < -0.3 is 0 Å². The summed E-state index contributed by atoms with van der Waals surface area (Å²) in [5.74, 6) is 0.668. The summed E-state index contributed by atoms with van der Waals surface area (Å²) in [6, 6.07) is 62.9. The monoisotopic (exact) mass is 661 g/mol. The van der Waals surface area contributed by atoms with E-state index in [1.165, 1.54) is 53.9 Å². The van der Waals surface area contributed by atoms with Gasteiger partial charge in [-0.25, -0.2) is 9.97 Å². The summed E-state index contributed by atoms with van der Waals surface area (Å²) < 4.78 is 0. The van der Waals surface area contributed by atoms with Crippen molar-refractivity contribution < 1.29 is 0 Å². The number of fused-ring (bicyclic) bond motifs is 11. The lowest BCUT2D eigenvalue weighted by atomic mass is 9.92. The highest BCUT2D eigenvalue weighted by atomic mass is 14.9. The molecule has 0 atom stereocenters. The summed E-state index contributed by atoms with van der Waals surface area (Å²) in [5, 5.41) is 14.3. The first kappa shape index (κ1) is 29.9. The quantitative estimate of drug-likeness (QED) is 0.189. The Morgan fingerprint density at radius 2 is 0.731 bits per heavy atom. The van der Waals surface area contributed by atoms with Crippen molar-refractivity contribution in [2.45, 2.75) is 0 Å². The molecule has 0 radical (unpaired) electrons. The molecule has 0 fully saturated rings. The van der Waals surface area contributed by atoms with Gasteiger partial charge in [-0.05, 0) is 101 Å². The maximum Gasteiger partial charge on any atom is 0.160 e. The molecule has 0 aliphatic rings. The molecule has 0 unspecified atom stereocenters. The van der Waals surface area contributed by atoms with Crippen molar-refractivity contribution in [2.24, 2.45) is 0 Å². The highest BCUT2D eigenvalue weighted by Crippen LogP contribution is 2.39. The van der Waals surface area contributed by atoms with Gasteiger partial charge in [0.25, 0.3) is 0 Å². The Morgan fingerprint density at radius 1 is 0.288 bits per heavy atom. The van der Waals surface area contributed by atoms with E-state index in [1.54, 1.807) is 6.20 Å². The van der Waals surface area contributed by atoms with Crippen molar-refractivity contribution in [2.75, 3.05) is 0 Å². The molecule has 0 saturated heterocycles. The van der Waals surface area contributed by atoms with Crippen molar-refractivity contribution in [3.63, 3.8) is 0 Å². The first-order chi connectivity index (χ1) is 25.8. The van der Waals surface area contributed by atoms with Crippen LogP contribution in [-0.4, -0.2) is 15.0 Å². The predicted molar refractivity (Wildman–Crippen MR) is 219 cm³/mol. The van der Waals surface area contributed by atoms with Crippen LogP contribution >= 0.6 is 0 Å². The molecule has 3 heteroatoms. The average Bonchev–Trinajstić information content (AvgIpc) is 3.23. The smallest absolute Gasteiger partial charge is 0.160 e. The molecule has 10 aromatic rings. The number of hydrogen-bond acceptors (Lipinski definition) is 3. The zero-order valence-electron chi connectivity index (χ0n) is 28.2. The fourth-order valence-electron chi connectivity index (χ4n) is 7.68. The molecule has 3 nitrogen and oxygen atoms in total. The minimum Gasteiger partial charge on any atom is -0.264 e. The number of hydrogen-bond donors (Lipinski definition) is 0. The van der Waals surface area contributed by atoms with Crippen molar-refractivity contribution in [3.05, 3.63) is 188 Å². The van der Waals surface area contributed by atoms with Gasteiger partial charge in [0, 0.05) is 29.1 Å². The van der Waals surface area contributed by atoms with Crippen molar-refractivity contribution in [1.82, 2.24) is 15.0 Å². The largest absolute Gasteiger partial charge is 0.264 e. The third-order valence-corrected chi connectivity index (χ3v) is 10.1. The molecular formula is C49H31N3. The summed E-state index contributed by atoms with van der Waals surface area (Å²) in [4.78, 5) is 14.8. The lowest BCUT2D eigenvalue weighted by Gasteiger charge is -2.13. The lowest BCUT2D eigenvalue weighted by Crippen LogP contribution is -1.96. The second-order valence-corrected chi connectivity index (χ2v) is 13.2. The Hall–Kier alpha value is -6.97. The number of aromatic nitrogens is 3. The molecule has 0 aliphatic carbocycles. The highest BCUT2D eigenvalue weighted by molar-refractivity contribution is 6.27. The molecule has 0 spiro atoms. The van der Waals surface area contributed by atoms with Crippen molar-refractivity contribution >= 4 is 64.6 Å². The molecule has 0 bridgehead atoms. The lowest BCUT2D eigenvalue weighted by molar-refractivity contribution is 1.18. The number of pyridine rings is 1. The van der Waals surface area contributed by atoms with E-state index in [2.05, 4.69) is 157 Å². The normalized spacial score (nSPS) is 11.5. The zero-order valence-corrected chi connectivity index (χ0v) is 28.2. The van der Waals surface area contributed by atoms with Gasteiger partial charge in [0.1, 0.15) is 0 Å². The van der Waals surface area contributed by atoms with Gasteiger partial charge >= 0.3 is 0 Å². The Bertz CT molecular complexity index is 3000. The molecule has 0 aliphatic heterocycles. The van der Waals surface area contributed by atoms with Gasteiger partial charge in [0.05, 0.1) is 11.4 Å². The van der Waals surface area contributed by atoms with E-state index in [9.17, 15) is 0 Å². The Balaban J connectivity index is 1.41. The zero-order chi connectivity index (χ0) is 34.4. The van der Waals surface area contributed by atoms with E-state index in [1.807, 2.05) is 30.5 Å². The van der Waals surface area contributed by atoms with E-state index in [0.29, 0.717) is 5.82 Å². The van der Waals surface area contributed by atoms with Crippen LogP contribution in [0.3, 0.4) is 0 Å². The van der Waals surface area contributed by atoms with E-state index >= 15 is 0 Å². The van der Waals surface area contributed by atoms with Crippen LogP contribution in [0.25, 0.3) is 98.5 Å². The van der Waals surface area contributed by atoms with Crippen LogP contribution in [0.4, 0.5) is 0 Å².